The van der Waals surface area contributed by atoms with Gasteiger partial charge in [-0.3, -0.25) is 18.4 Å². The van der Waals surface area contributed by atoms with E-state index in [9.17, 15) is 9.59 Å². The van der Waals surface area contributed by atoms with Crippen molar-refractivity contribution in [3.05, 3.63) is 62.1 Å². The highest BCUT2D eigenvalue weighted by atomic mass is 32.2. The molecule has 0 fully saturated rings. The number of fused-ring (bicyclic) bond motifs is 8. The van der Waals surface area contributed by atoms with E-state index in [1.807, 2.05) is 35.7 Å². The average Bonchev–Trinajstić information content (AvgIpc) is 3.49. The van der Waals surface area contributed by atoms with Crippen molar-refractivity contribution in [3.63, 3.8) is 0 Å². The monoisotopic (exact) mass is 440 g/mol. The summed E-state index contributed by atoms with van der Waals surface area (Å²) in [6.45, 7) is 2.16. The van der Waals surface area contributed by atoms with Crippen molar-refractivity contribution in [2.75, 3.05) is 0 Å². The molecule has 148 valence electrons. The molecule has 0 saturated carbocycles. The van der Waals surface area contributed by atoms with E-state index in [4.69, 9.17) is 9.97 Å². The lowest BCUT2D eigenvalue weighted by atomic mass is 9.96. The van der Waals surface area contributed by atoms with E-state index in [1.165, 1.54) is 11.3 Å². The molecule has 0 amide bonds. The lowest BCUT2D eigenvalue weighted by molar-refractivity contribution is 0.885. The van der Waals surface area contributed by atoms with Gasteiger partial charge in [0.1, 0.15) is 21.2 Å². The molecule has 0 aliphatic carbocycles. The molecule has 0 bridgehead atoms. The van der Waals surface area contributed by atoms with Gasteiger partial charge in [-0.15, -0.1) is 23.1 Å². The smallest absolute Gasteiger partial charge is 0.264 e. The maximum atomic E-state index is 13.6. The summed E-state index contributed by atoms with van der Waals surface area (Å²) in [6.07, 6.45) is 0.833. The topological polar surface area (TPSA) is 68.7 Å². The lowest BCUT2D eigenvalue weighted by Gasteiger charge is -2.12. The zero-order chi connectivity index (χ0) is 20.6. The van der Waals surface area contributed by atoms with Crippen molar-refractivity contribution in [1.82, 2.24) is 18.8 Å². The predicted octanol–water partition coefficient (Wildman–Crippen LogP) is 4.29. The van der Waals surface area contributed by atoms with E-state index in [0.717, 1.165) is 49.0 Å². The van der Waals surface area contributed by atoms with Crippen LogP contribution in [-0.4, -0.2) is 24.0 Å². The lowest BCUT2D eigenvalue weighted by Crippen LogP contribution is -2.18. The number of rotatable bonds is 0. The summed E-state index contributed by atoms with van der Waals surface area (Å²) < 4.78 is 3.48. The molecule has 6 nitrogen and oxygen atoms in total. The van der Waals surface area contributed by atoms with Crippen molar-refractivity contribution in [2.24, 2.45) is 0 Å². The summed E-state index contributed by atoms with van der Waals surface area (Å²) in [5, 5.41) is 7.98. The van der Waals surface area contributed by atoms with Gasteiger partial charge in [0.25, 0.3) is 11.1 Å². The van der Waals surface area contributed by atoms with Crippen LogP contribution in [0.2, 0.25) is 0 Å². The first-order valence-corrected chi connectivity index (χ1v) is 11.8. The van der Waals surface area contributed by atoms with Gasteiger partial charge in [-0.05, 0) is 35.7 Å². The van der Waals surface area contributed by atoms with Crippen LogP contribution in [0, 0.1) is 0 Å². The van der Waals surface area contributed by atoms with Crippen molar-refractivity contribution >= 4 is 77.1 Å². The third-order valence-electron chi connectivity index (χ3n) is 6.52. The highest BCUT2D eigenvalue weighted by molar-refractivity contribution is 8.00. The summed E-state index contributed by atoms with van der Waals surface area (Å²) >= 11 is 3.24. The number of nitrogens with zero attached hydrogens (tertiary/aromatic N) is 4. The normalized spacial score (nSPS) is 16.9. The van der Waals surface area contributed by atoms with Crippen molar-refractivity contribution < 1.29 is 0 Å². The van der Waals surface area contributed by atoms with Crippen LogP contribution >= 0.6 is 23.1 Å². The Hall–Kier alpha value is -3.23. The van der Waals surface area contributed by atoms with Gasteiger partial charge in [0, 0.05) is 44.0 Å². The summed E-state index contributed by atoms with van der Waals surface area (Å²) in [4.78, 5) is 37.5. The van der Waals surface area contributed by atoms with Crippen molar-refractivity contribution in [1.29, 1.82) is 0 Å². The summed E-state index contributed by atoms with van der Waals surface area (Å²) in [7, 11) is 0. The van der Waals surface area contributed by atoms with Gasteiger partial charge in [0.2, 0.25) is 0 Å². The Morgan fingerprint density at radius 2 is 1.52 bits per heavy atom. The fourth-order valence-corrected chi connectivity index (χ4v) is 7.09. The number of pyridine rings is 2. The van der Waals surface area contributed by atoms with Gasteiger partial charge in [-0.25, -0.2) is 9.97 Å². The highest BCUT2D eigenvalue weighted by Gasteiger charge is 2.28. The maximum Gasteiger partial charge on any atom is 0.264 e. The van der Waals surface area contributed by atoms with E-state index >= 15 is 0 Å². The third kappa shape index (κ3) is 1.75. The molecule has 0 spiro atoms. The molecule has 7 aromatic rings. The Bertz CT molecular complexity index is 2020. The minimum absolute atomic E-state index is 0.0583. The molecule has 1 atom stereocenters. The number of imidazole rings is 2. The standard InChI is InChI=1S/C23H12N4O2S2/c1-9-8-15-21(31-9)25-19-11-3-4-12-16-10(2-5-13(17(11)16)23(29)27(15)19)18-24-20-14(6-7-30-20)26(18)22(12)28/h2-7,9H,8H2,1H3. The number of hydrogen-bond donors (Lipinski definition) is 0. The molecule has 8 heteroatoms. The largest absolute Gasteiger partial charge is 0.268 e. The molecule has 2 aromatic carbocycles. The molecule has 6 heterocycles. The van der Waals surface area contributed by atoms with Gasteiger partial charge in [-0.2, -0.15) is 0 Å². The highest BCUT2D eigenvalue weighted by Crippen LogP contribution is 2.40. The van der Waals surface area contributed by atoms with Crippen LogP contribution in [0.4, 0.5) is 0 Å². The summed E-state index contributed by atoms with van der Waals surface area (Å²) in [6, 6.07) is 9.59. The second-order valence-electron chi connectivity index (χ2n) is 8.22. The fraction of sp³-hybridized carbons (Fsp3) is 0.130. The minimum atomic E-state index is -0.0969. The zero-order valence-corrected chi connectivity index (χ0v) is 17.8. The molecule has 5 aromatic heterocycles. The molecule has 0 N–H and O–H groups in total. The van der Waals surface area contributed by atoms with Crippen molar-refractivity contribution in [2.45, 2.75) is 23.6 Å². The SMILES string of the molecule is CC1Cc2c(nc3c4ccc5c(=O)n6c7ccsc7nc6c6ccc(c(=O)n23)c4c56)S1. The number of aromatic nitrogens is 4. The molecule has 1 unspecified atom stereocenters. The Labute approximate surface area is 181 Å². The quantitative estimate of drug-likeness (QED) is 0.329. The van der Waals surface area contributed by atoms with Crippen LogP contribution in [0.3, 0.4) is 0 Å². The third-order valence-corrected chi connectivity index (χ3v) is 8.44. The molecular weight excluding hydrogens is 428 g/mol. The van der Waals surface area contributed by atoms with Crippen LogP contribution in [0.5, 0.6) is 0 Å². The fourth-order valence-electron chi connectivity index (χ4n) is 5.27. The van der Waals surface area contributed by atoms with Gasteiger partial charge in [0.15, 0.2) is 0 Å². The first-order valence-electron chi connectivity index (χ1n) is 10.1. The van der Waals surface area contributed by atoms with Crippen molar-refractivity contribution in [3.8, 4) is 0 Å². The van der Waals surface area contributed by atoms with Gasteiger partial charge in [0.05, 0.1) is 11.2 Å². The molecule has 0 radical (unpaired) electrons. The second kappa shape index (κ2) is 5.15. The second-order valence-corrected chi connectivity index (χ2v) is 10.5. The molecule has 1 aliphatic rings. The van der Waals surface area contributed by atoms with Gasteiger partial charge >= 0.3 is 0 Å². The van der Waals surface area contributed by atoms with Crippen LogP contribution in [0.25, 0.3) is 54.0 Å². The zero-order valence-electron chi connectivity index (χ0n) is 16.2. The van der Waals surface area contributed by atoms with Crippen LogP contribution in [-0.2, 0) is 6.42 Å². The molecule has 8 rings (SSSR count). The Morgan fingerprint density at radius 1 is 0.871 bits per heavy atom. The minimum Gasteiger partial charge on any atom is -0.268 e. The van der Waals surface area contributed by atoms with Crippen LogP contribution in [0.1, 0.15) is 12.6 Å². The number of thiophene rings is 1. The molecule has 31 heavy (non-hydrogen) atoms. The maximum absolute atomic E-state index is 13.6. The summed E-state index contributed by atoms with van der Waals surface area (Å²) in [5.74, 6) is 0. The van der Waals surface area contributed by atoms with E-state index < -0.39 is 0 Å². The molecular formula is C23H12N4O2S2. The molecule has 0 saturated heterocycles. The Balaban J connectivity index is 1.68. The predicted molar refractivity (Wildman–Crippen MR) is 126 cm³/mol. The van der Waals surface area contributed by atoms with Crippen LogP contribution < -0.4 is 11.1 Å². The average molecular weight is 441 g/mol. The number of benzene rings is 2. The summed E-state index contributed by atoms with van der Waals surface area (Å²) in [5.41, 5.74) is 3.02. The first-order chi connectivity index (χ1) is 15.1. The number of hydrogen-bond acceptors (Lipinski definition) is 6. The van der Waals surface area contributed by atoms with Gasteiger partial charge < -0.3 is 0 Å². The number of thioether (sulfide) groups is 1. The van der Waals surface area contributed by atoms with E-state index in [2.05, 4.69) is 6.92 Å². The van der Waals surface area contributed by atoms with Crippen LogP contribution in [0.15, 0.2) is 50.3 Å². The Morgan fingerprint density at radius 3 is 2.26 bits per heavy atom. The molecule has 1 aliphatic heterocycles. The van der Waals surface area contributed by atoms with Gasteiger partial charge in [-0.1, -0.05) is 6.92 Å². The van der Waals surface area contributed by atoms with E-state index in [0.29, 0.717) is 27.3 Å². The Kier molecular flexibility index (Phi) is 2.73. The first kappa shape index (κ1) is 16.5. The van der Waals surface area contributed by atoms with E-state index in [1.54, 1.807) is 20.6 Å². The van der Waals surface area contributed by atoms with E-state index in [-0.39, 0.29) is 11.1 Å².